The van der Waals surface area contributed by atoms with Crippen molar-refractivity contribution in [3.05, 3.63) is 65.0 Å². The summed E-state index contributed by atoms with van der Waals surface area (Å²) in [6, 6.07) is 12.1. The standard InChI is InChI=1S/C22H25FO2/c1-2-21-11-12-22(25,16-5-7-18(23)8-6-16)14-17(21)4-3-15-13-19(24)9-10-20(15)21/h5-10,13,17,24-25H,2-4,11-12,14H2,1H3. The van der Waals surface area contributed by atoms with Gasteiger partial charge in [0.05, 0.1) is 5.60 Å². The zero-order valence-electron chi connectivity index (χ0n) is 14.6. The van der Waals surface area contributed by atoms with Gasteiger partial charge in [0.2, 0.25) is 0 Å². The minimum atomic E-state index is -0.870. The molecule has 3 atom stereocenters. The molecule has 3 unspecified atom stereocenters. The topological polar surface area (TPSA) is 40.5 Å². The number of aryl methyl sites for hydroxylation is 1. The molecule has 0 radical (unpaired) electrons. The summed E-state index contributed by atoms with van der Waals surface area (Å²) in [5, 5.41) is 21.1. The third-order valence-corrected chi connectivity index (χ3v) is 6.75. The molecule has 132 valence electrons. The molecular formula is C22H25FO2. The van der Waals surface area contributed by atoms with Crippen LogP contribution in [0.1, 0.15) is 55.7 Å². The van der Waals surface area contributed by atoms with Crippen molar-refractivity contribution in [1.29, 1.82) is 0 Å². The minimum Gasteiger partial charge on any atom is -0.508 e. The molecule has 2 N–H and O–H groups in total. The van der Waals surface area contributed by atoms with Crippen LogP contribution in [0.4, 0.5) is 4.39 Å². The van der Waals surface area contributed by atoms with Crippen LogP contribution >= 0.6 is 0 Å². The molecule has 0 aromatic heterocycles. The minimum absolute atomic E-state index is 0.0769. The number of phenols is 1. The van der Waals surface area contributed by atoms with Gasteiger partial charge in [-0.1, -0.05) is 25.1 Å². The van der Waals surface area contributed by atoms with E-state index in [1.807, 2.05) is 6.07 Å². The van der Waals surface area contributed by atoms with Crippen molar-refractivity contribution in [2.45, 2.75) is 56.5 Å². The van der Waals surface area contributed by atoms with Crippen molar-refractivity contribution in [3.8, 4) is 5.75 Å². The van der Waals surface area contributed by atoms with Gasteiger partial charge in [0, 0.05) is 0 Å². The summed E-state index contributed by atoms with van der Waals surface area (Å²) in [6.07, 6.45) is 5.31. The Hall–Kier alpha value is -1.87. The summed E-state index contributed by atoms with van der Waals surface area (Å²) in [7, 11) is 0. The highest BCUT2D eigenvalue weighted by atomic mass is 19.1. The molecule has 2 nitrogen and oxygen atoms in total. The smallest absolute Gasteiger partial charge is 0.123 e. The van der Waals surface area contributed by atoms with Gasteiger partial charge in [0.1, 0.15) is 11.6 Å². The highest BCUT2D eigenvalue weighted by Gasteiger charge is 2.51. The maximum absolute atomic E-state index is 13.3. The van der Waals surface area contributed by atoms with E-state index in [0.717, 1.165) is 31.2 Å². The summed E-state index contributed by atoms with van der Waals surface area (Å²) in [6.45, 7) is 2.23. The Bertz CT molecular complexity index is 785. The summed E-state index contributed by atoms with van der Waals surface area (Å²) in [5.41, 5.74) is 2.64. The van der Waals surface area contributed by atoms with Crippen LogP contribution in [0.5, 0.6) is 5.75 Å². The molecule has 2 aliphatic rings. The molecule has 1 fully saturated rings. The Balaban J connectivity index is 1.70. The number of aromatic hydroxyl groups is 1. The summed E-state index contributed by atoms with van der Waals surface area (Å²) < 4.78 is 13.3. The predicted octanol–water partition coefficient (Wildman–Crippen LogP) is 4.81. The Morgan fingerprint density at radius 2 is 1.88 bits per heavy atom. The van der Waals surface area contributed by atoms with E-state index in [2.05, 4.69) is 13.0 Å². The Morgan fingerprint density at radius 3 is 2.60 bits per heavy atom. The molecule has 0 heterocycles. The average Bonchev–Trinajstić information content (AvgIpc) is 2.61. The zero-order chi connectivity index (χ0) is 17.7. The average molecular weight is 340 g/mol. The van der Waals surface area contributed by atoms with Crippen LogP contribution in [0, 0.1) is 11.7 Å². The van der Waals surface area contributed by atoms with Crippen molar-refractivity contribution >= 4 is 0 Å². The fourth-order valence-electron chi connectivity index (χ4n) is 5.35. The highest BCUT2D eigenvalue weighted by molar-refractivity contribution is 5.43. The van der Waals surface area contributed by atoms with Crippen LogP contribution in [0.2, 0.25) is 0 Å². The van der Waals surface area contributed by atoms with E-state index in [-0.39, 0.29) is 11.2 Å². The van der Waals surface area contributed by atoms with Crippen LogP contribution in [-0.2, 0) is 17.4 Å². The zero-order valence-corrected chi connectivity index (χ0v) is 14.6. The van der Waals surface area contributed by atoms with Gasteiger partial charge in [-0.25, -0.2) is 4.39 Å². The van der Waals surface area contributed by atoms with Gasteiger partial charge in [0.25, 0.3) is 0 Å². The third kappa shape index (κ3) is 2.56. The van der Waals surface area contributed by atoms with Crippen LogP contribution in [-0.4, -0.2) is 10.2 Å². The molecule has 4 rings (SSSR count). The van der Waals surface area contributed by atoms with Crippen LogP contribution in [0.15, 0.2) is 42.5 Å². The molecule has 2 aromatic rings. The lowest BCUT2D eigenvalue weighted by Gasteiger charge is -2.53. The number of halogens is 1. The number of rotatable bonds is 2. The number of benzene rings is 2. The summed E-state index contributed by atoms with van der Waals surface area (Å²) in [4.78, 5) is 0. The van der Waals surface area contributed by atoms with Gasteiger partial charge < -0.3 is 10.2 Å². The highest BCUT2D eigenvalue weighted by Crippen LogP contribution is 2.56. The first-order valence-electron chi connectivity index (χ1n) is 9.28. The van der Waals surface area contributed by atoms with Gasteiger partial charge in [-0.15, -0.1) is 0 Å². The lowest BCUT2D eigenvalue weighted by molar-refractivity contribution is -0.0566. The molecule has 0 saturated heterocycles. The predicted molar refractivity (Wildman–Crippen MR) is 96.0 cm³/mol. The maximum Gasteiger partial charge on any atom is 0.123 e. The van der Waals surface area contributed by atoms with E-state index in [1.54, 1.807) is 18.2 Å². The van der Waals surface area contributed by atoms with Crippen molar-refractivity contribution in [2.75, 3.05) is 0 Å². The Kier molecular flexibility index (Phi) is 3.88. The number of fused-ring (bicyclic) bond motifs is 3. The molecule has 3 heteroatoms. The molecule has 2 aliphatic carbocycles. The van der Waals surface area contributed by atoms with Gasteiger partial charge in [-0.05, 0) is 90.8 Å². The molecule has 0 bridgehead atoms. The molecule has 0 amide bonds. The van der Waals surface area contributed by atoms with E-state index in [0.29, 0.717) is 24.5 Å². The first-order valence-corrected chi connectivity index (χ1v) is 9.28. The Morgan fingerprint density at radius 1 is 1.12 bits per heavy atom. The molecule has 0 spiro atoms. The van der Waals surface area contributed by atoms with Gasteiger partial charge in [0.15, 0.2) is 0 Å². The number of hydrogen-bond donors (Lipinski definition) is 2. The molecule has 1 saturated carbocycles. The molecule has 2 aromatic carbocycles. The monoisotopic (exact) mass is 340 g/mol. The van der Waals surface area contributed by atoms with Crippen LogP contribution in [0.3, 0.4) is 0 Å². The molecular weight excluding hydrogens is 315 g/mol. The fourth-order valence-corrected chi connectivity index (χ4v) is 5.35. The van der Waals surface area contributed by atoms with Gasteiger partial charge in [-0.3, -0.25) is 0 Å². The quantitative estimate of drug-likeness (QED) is 0.823. The lowest BCUT2D eigenvalue weighted by Crippen LogP contribution is -2.48. The van der Waals surface area contributed by atoms with Crippen LogP contribution in [0.25, 0.3) is 0 Å². The lowest BCUT2D eigenvalue weighted by atomic mass is 9.53. The van der Waals surface area contributed by atoms with E-state index < -0.39 is 5.60 Å². The van der Waals surface area contributed by atoms with Gasteiger partial charge >= 0.3 is 0 Å². The van der Waals surface area contributed by atoms with Crippen molar-refractivity contribution < 1.29 is 14.6 Å². The number of phenolic OH excluding ortho intramolecular Hbond substituents is 1. The molecule has 0 aliphatic heterocycles. The fraction of sp³-hybridized carbons (Fsp3) is 0.455. The summed E-state index contributed by atoms with van der Waals surface area (Å²) in [5.74, 6) is 0.470. The second-order valence-electron chi connectivity index (χ2n) is 7.83. The third-order valence-electron chi connectivity index (χ3n) is 6.75. The first kappa shape index (κ1) is 16.6. The van der Waals surface area contributed by atoms with Crippen molar-refractivity contribution in [2.24, 2.45) is 5.92 Å². The van der Waals surface area contributed by atoms with Crippen molar-refractivity contribution in [1.82, 2.24) is 0 Å². The second-order valence-corrected chi connectivity index (χ2v) is 7.83. The van der Waals surface area contributed by atoms with E-state index >= 15 is 0 Å². The van der Waals surface area contributed by atoms with Crippen molar-refractivity contribution in [3.63, 3.8) is 0 Å². The first-order chi connectivity index (χ1) is 12.0. The van der Waals surface area contributed by atoms with Crippen LogP contribution < -0.4 is 0 Å². The van der Waals surface area contributed by atoms with E-state index in [4.69, 9.17) is 0 Å². The SMILES string of the molecule is CCC12CCC(O)(c3ccc(F)cc3)CC1CCc1cc(O)ccc12. The molecule has 25 heavy (non-hydrogen) atoms. The number of hydrogen-bond acceptors (Lipinski definition) is 2. The largest absolute Gasteiger partial charge is 0.508 e. The van der Waals surface area contributed by atoms with Gasteiger partial charge in [-0.2, -0.15) is 0 Å². The Labute approximate surface area is 148 Å². The number of aliphatic hydroxyl groups is 1. The summed E-state index contributed by atoms with van der Waals surface area (Å²) >= 11 is 0. The maximum atomic E-state index is 13.3. The second kappa shape index (κ2) is 5.84. The van der Waals surface area contributed by atoms with E-state index in [1.165, 1.54) is 23.3 Å². The normalized spacial score (nSPS) is 31.2. The van der Waals surface area contributed by atoms with E-state index in [9.17, 15) is 14.6 Å².